The summed E-state index contributed by atoms with van der Waals surface area (Å²) in [5.74, 6) is -0.345. The number of esters is 1. The number of carbonyl (C=O) groups excluding carboxylic acids is 2. The number of fused-ring (bicyclic) bond motifs is 1. The molecule has 0 radical (unpaired) electrons. The van der Waals surface area contributed by atoms with E-state index in [1.807, 2.05) is 31.2 Å². The molecule has 0 unspecified atom stereocenters. The van der Waals surface area contributed by atoms with E-state index in [4.69, 9.17) is 14.2 Å². The topological polar surface area (TPSA) is 94.1 Å². The van der Waals surface area contributed by atoms with E-state index < -0.39 is 24.3 Å². The molecule has 0 saturated heterocycles. The molecule has 1 amide bonds. The first kappa shape index (κ1) is 24.4. The van der Waals surface area contributed by atoms with Crippen molar-refractivity contribution < 1.29 is 28.9 Å². The van der Waals surface area contributed by atoms with Crippen LogP contribution >= 0.6 is 12.6 Å². The first-order chi connectivity index (χ1) is 16.0. The Bertz CT molecular complexity index is 1070. The summed E-state index contributed by atoms with van der Waals surface area (Å²) >= 11 is 3.91. The van der Waals surface area contributed by atoms with Gasteiger partial charge < -0.3 is 19.3 Å². The SMILES string of the molecule is CCO[C@H](CCOC(=O)CS)[C@H](OC(=O)Nc1ccccc1)c1ccc(O)c2ccccc12. The van der Waals surface area contributed by atoms with Crippen molar-refractivity contribution in [1.82, 2.24) is 0 Å². The number of phenols is 1. The Morgan fingerprint density at radius 2 is 1.70 bits per heavy atom. The van der Waals surface area contributed by atoms with Crippen LogP contribution < -0.4 is 5.32 Å². The lowest BCUT2D eigenvalue weighted by Gasteiger charge is -2.28. The van der Waals surface area contributed by atoms with Crippen LogP contribution in [-0.4, -0.2) is 42.2 Å². The number of aromatic hydroxyl groups is 1. The van der Waals surface area contributed by atoms with Gasteiger partial charge in [-0.2, -0.15) is 12.6 Å². The van der Waals surface area contributed by atoms with Crippen LogP contribution in [0.25, 0.3) is 10.8 Å². The lowest BCUT2D eigenvalue weighted by molar-refractivity contribution is -0.142. The quantitative estimate of drug-likeness (QED) is 0.282. The van der Waals surface area contributed by atoms with Crippen LogP contribution in [0.5, 0.6) is 5.75 Å². The van der Waals surface area contributed by atoms with E-state index in [0.29, 0.717) is 29.7 Å². The van der Waals surface area contributed by atoms with Gasteiger partial charge in [0.25, 0.3) is 0 Å². The number of para-hydroxylation sites is 1. The van der Waals surface area contributed by atoms with Gasteiger partial charge in [-0.05, 0) is 30.5 Å². The average Bonchev–Trinajstić information content (AvgIpc) is 2.83. The molecule has 0 heterocycles. The smallest absolute Gasteiger partial charge is 0.412 e. The minimum Gasteiger partial charge on any atom is -0.507 e. The van der Waals surface area contributed by atoms with Gasteiger partial charge in [0.2, 0.25) is 0 Å². The molecule has 0 aliphatic heterocycles. The number of hydrogen-bond acceptors (Lipinski definition) is 7. The number of carbonyl (C=O) groups is 2. The highest BCUT2D eigenvalue weighted by molar-refractivity contribution is 7.81. The van der Waals surface area contributed by atoms with Crippen LogP contribution in [0.4, 0.5) is 10.5 Å². The Hall–Kier alpha value is -3.23. The Morgan fingerprint density at radius 1 is 1.00 bits per heavy atom. The summed E-state index contributed by atoms with van der Waals surface area (Å²) in [6.07, 6.45) is -1.78. The molecule has 0 aliphatic carbocycles. The summed E-state index contributed by atoms with van der Waals surface area (Å²) in [6, 6.07) is 19.5. The number of ether oxygens (including phenoxy) is 3. The van der Waals surface area contributed by atoms with Crippen LogP contribution in [0, 0.1) is 0 Å². The standard InChI is InChI=1S/C25H27NO6S/c1-2-30-22(14-15-31-23(28)16-33)24(32-25(29)26-17-8-4-3-5-9-17)20-12-13-21(27)19-11-7-6-10-18(19)20/h3-13,22,24,27,33H,2,14-16H2,1H3,(H,26,29)/t22-,24-/m1/s1. The van der Waals surface area contributed by atoms with Crippen LogP contribution in [0.2, 0.25) is 0 Å². The minimum absolute atomic E-state index is 0.0265. The zero-order chi connectivity index (χ0) is 23.6. The molecule has 2 atom stereocenters. The van der Waals surface area contributed by atoms with E-state index in [9.17, 15) is 14.7 Å². The van der Waals surface area contributed by atoms with Crippen molar-refractivity contribution in [2.75, 3.05) is 24.3 Å². The lowest BCUT2D eigenvalue weighted by Crippen LogP contribution is -2.30. The molecule has 174 valence electrons. The number of nitrogens with one attached hydrogen (secondary N) is 1. The molecule has 0 aromatic heterocycles. The predicted molar refractivity (Wildman–Crippen MR) is 130 cm³/mol. The highest BCUT2D eigenvalue weighted by Gasteiger charge is 2.30. The van der Waals surface area contributed by atoms with E-state index in [1.165, 1.54) is 0 Å². The van der Waals surface area contributed by atoms with Crippen LogP contribution in [0.15, 0.2) is 66.7 Å². The summed E-state index contributed by atoms with van der Waals surface area (Å²) in [5.41, 5.74) is 1.26. The Balaban J connectivity index is 1.93. The summed E-state index contributed by atoms with van der Waals surface area (Å²) < 4.78 is 17.0. The van der Waals surface area contributed by atoms with Gasteiger partial charge in [0, 0.05) is 29.7 Å². The number of hydrogen-bond donors (Lipinski definition) is 3. The number of thiol groups is 1. The molecular weight excluding hydrogens is 442 g/mol. The molecule has 7 nitrogen and oxygen atoms in total. The Morgan fingerprint density at radius 3 is 2.39 bits per heavy atom. The lowest BCUT2D eigenvalue weighted by atomic mass is 9.95. The van der Waals surface area contributed by atoms with Gasteiger partial charge in [0.1, 0.15) is 11.9 Å². The van der Waals surface area contributed by atoms with Crippen molar-refractivity contribution in [3.05, 3.63) is 72.3 Å². The van der Waals surface area contributed by atoms with Gasteiger partial charge >= 0.3 is 12.1 Å². The third-order valence-corrected chi connectivity index (χ3v) is 5.27. The normalized spacial score (nSPS) is 12.7. The fraction of sp³-hybridized carbons (Fsp3) is 0.280. The third-order valence-electron chi connectivity index (χ3n) is 5.01. The third kappa shape index (κ3) is 6.63. The molecule has 0 fully saturated rings. The number of phenolic OH excluding ortho intramolecular Hbond substituents is 1. The molecule has 3 aromatic rings. The van der Waals surface area contributed by atoms with Crippen molar-refractivity contribution in [1.29, 1.82) is 0 Å². The van der Waals surface area contributed by atoms with Crippen molar-refractivity contribution in [3.63, 3.8) is 0 Å². The maximum Gasteiger partial charge on any atom is 0.412 e. The molecule has 2 N–H and O–H groups in total. The van der Waals surface area contributed by atoms with Crippen molar-refractivity contribution in [2.24, 2.45) is 0 Å². The molecular formula is C25H27NO6S. The largest absolute Gasteiger partial charge is 0.507 e. The molecule has 3 aromatic carbocycles. The number of rotatable bonds is 10. The van der Waals surface area contributed by atoms with Gasteiger partial charge in [-0.1, -0.05) is 48.5 Å². The average molecular weight is 470 g/mol. The zero-order valence-electron chi connectivity index (χ0n) is 18.3. The Labute approximate surface area is 198 Å². The monoisotopic (exact) mass is 469 g/mol. The van der Waals surface area contributed by atoms with Gasteiger partial charge in [0.05, 0.1) is 12.4 Å². The van der Waals surface area contributed by atoms with Crippen LogP contribution in [-0.2, 0) is 19.0 Å². The summed E-state index contributed by atoms with van der Waals surface area (Å²) in [5, 5.41) is 14.4. The Kier molecular flexibility index (Phi) is 8.97. The van der Waals surface area contributed by atoms with E-state index in [2.05, 4.69) is 17.9 Å². The fourth-order valence-electron chi connectivity index (χ4n) is 3.55. The van der Waals surface area contributed by atoms with E-state index in [0.717, 1.165) is 5.39 Å². The van der Waals surface area contributed by atoms with Crippen molar-refractivity contribution >= 4 is 41.2 Å². The van der Waals surface area contributed by atoms with Crippen molar-refractivity contribution in [2.45, 2.75) is 25.6 Å². The molecule has 0 spiro atoms. The van der Waals surface area contributed by atoms with Gasteiger partial charge in [-0.25, -0.2) is 4.79 Å². The molecule has 0 bridgehead atoms. The second kappa shape index (κ2) is 12.1. The molecule has 3 rings (SSSR count). The summed E-state index contributed by atoms with van der Waals surface area (Å²) in [4.78, 5) is 24.3. The highest BCUT2D eigenvalue weighted by atomic mass is 32.1. The summed E-state index contributed by atoms with van der Waals surface area (Å²) in [7, 11) is 0. The molecule has 0 aliphatic rings. The van der Waals surface area contributed by atoms with Crippen molar-refractivity contribution in [3.8, 4) is 5.75 Å². The maximum absolute atomic E-state index is 12.8. The van der Waals surface area contributed by atoms with E-state index in [-0.39, 0.29) is 18.1 Å². The maximum atomic E-state index is 12.8. The van der Waals surface area contributed by atoms with Gasteiger partial charge in [0.15, 0.2) is 6.10 Å². The second-order valence-corrected chi connectivity index (χ2v) is 7.51. The first-order valence-corrected chi connectivity index (χ1v) is 11.3. The van der Waals surface area contributed by atoms with Gasteiger partial charge in [-0.15, -0.1) is 0 Å². The molecule has 0 saturated carbocycles. The number of benzene rings is 3. The molecule has 33 heavy (non-hydrogen) atoms. The zero-order valence-corrected chi connectivity index (χ0v) is 19.2. The number of anilines is 1. The first-order valence-electron chi connectivity index (χ1n) is 10.6. The predicted octanol–water partition coefficient (Wildman–Crippen LogP) is 5.10. The number of amides is 1. The highest BCUT2D eigenvalue weighted by Crippen LogP contribution is 2.35. The van der Waals surface area contributed by atoms with E-state index in [1.54, 1.807) is 42.5 Å². The summed E-state index contributed by atoms with van der Waals surface area (Å²) in [6.45, 7) is 2.28. The molecule has 8 heteroatoms. The van der Waals surface area contributed by atoms with Crippen LogP contribution in [0.1, 0.15) is 25.0 Å². The van der Waals surface area contributed by atoms with Gasteiger partial charge in [-0.3, -0.25) is 10.1 Å². The second-order valence-electron chi connectivity index (χ2n) is 7.20. The van der Waals surface area contributed by atoms with Crippen LogP contribution in [0.3, 0.4) is 0 Å². The minimum atomic E-state index is -0.825. The fourth-order valence-corrected chi connectivity index (χ4v) is 3.64. The van der Waals surface area contributed by atoms with E-state index >= 15 is 0 Å².